The predicted molar refractivity (Wildman–Crippen MR) is 111 cm³/mol. The van der Waals surface area contributed by atoms with Gasteiger partial charge in [0.2, 0.25) is 6.86 Å². The second-order valence-corrected chi connectivity index (χ2v) is 7.64. The van der Waals surface area contributed by atoms with Gasteiger partial charge in [-0.1, -0.05) is 24.3 Å². The molecular formula is C23H19F4N3O3. The van der Waals surface area contributed by atoms with Crippen molar-refractivity contribution in [2.24, 2.45) is 0 Å². The van der Waals surface area contributed by atoms with Gasteiger partial charge in [-0.3, -0.25) is 9.59 Å². The van der Waals surface area contributed by atoms with E-state index in [0.717, 1.165) is 31.0 Å². The van der Waals surface area contributed by atoms with E-state index in [0.29, 0.717) is 17.0 Å². The molecule has 1 amide bonds. The SMILES string of the molecule is O=C(NC(c1ccc(OCF)cc1)c1ccc(C(F)(F)F)cc1)c1cc(=O)[nH]c(C2CC2)n1. The summed E-state index contributed by atoms with van der Waals surface area (Å²) in [6.45, 7) is -1.02. The third-order valence-corrected chi connectivity index (χ3v) is 5.24. The lowest BCUT2D eigenvalue weighted by Crippen LogP contribution is -2.31. The standard InChI is InChI=1S/C23H19F4N3O3/c24-12-33-17-9-5-14(6-10-17)20(13-3-7-16(8-4-13)23(25,26)27)30-22(32)18-11-19(31)29-21(28-18)15-1-2-15/h3-11,15,20H,1-2,12H2,(H,30,32)(H,28,29,31). The van der Waals surface area contributed by atoms with E-state index in [1.165, 1.54) is 24.3 Å². The lowest BCUT2D eigenvalue weighted by atomic mass is 9.97. The highest BCUT2D eigenvalue weighted by Crippen LogP contribution is 2.37. The van der Waals surface area contributed by atoms with E-state index in [2.05, 4.69) is 15.3 Å². The van der Waals surface area contributed by atoms with E-state index in [1.807, 2.05) is 0 Å². The maximum Gasteiger partial charge on any atom is 0.416 e. The number of carbonyl (C=O) groups excluding carboxylic acids is 1. The van der Waals surface area contributed by atoms with Crippen molar-refractivity contribution in [2.45, 2.75) is 31.0 Å². The number of rotatable bonds is 7. The average Bonchev–Trinajstić information content (AvgIpc) is 3.63. The van der Waals surface area contributed by atoms with Gasteiger partial charge in [0.1, 0.15) is 17.3 Å². The van der Waals surface area contributed by atoms with Gasteiger partial charge in [0.25, 0.3) is 11.5 Å². The zero-order valence-electron chi connectivity index (χ0n) is 17.2. The summed E-state index contributed by atoms with van der Waals surface area (Å²) in [5, 5.41) is 2.74. The molecule has 172 valence electrons. The molecule has 33 heavy (non-hydrogen) atoms. The topological polar surface area (TPSA) is 84.1 Å². The van der Waals surface area contributed by atoms with Gasteiger partial charge in [0, 0.05) is 12.0 Å². The Balaban J connectivity index is 1.66. The number of H-pyrrole nitrogens is 1. The fourth-order valence-corrected chi connectivity index (χ4v) is 3.39. The highest BCUT2D eigenvalue weighted by molar-refractivity contribution is 5.92. The monoisotopic (exact) mass is 461 g/mol. The van der Waals surface area contributed by atoms with Crippen LogP contribution in [-0.4, -0.2) is 22.7 Å². The number of alkyl halides is 4. The van der Waals surface area contributed by atoms with Gasteiger partial charge in [-0.25, -0.2) is 9.37 Å². The molecule has 0 spiro atoms. The fraction of sp³-hybridized carbons (Fsp3) is 0.261. The van der Waals surface area contributed by atoms with E-state index in [-0.39, 0.29) is 17.4 Å². The van der Waals surface area contributed by atoms with Crippen LogP contribution in [0, 0.1) is 0 Å². The summed E-state index contributed by atoms with van der Waals surface area (Å²) in [6, 6.07) is 10.7. The molecule has 0 saturated heterocycles. The van der Waals surface area contributed by atoms with Crippen LogP contribution in [0.25, 0.3) is 0 Å². The van der Waals surface area contributed by atoms with Crippen molar-refractivity contribution < 1.29 is 27.1 Å². The first-order valence-corrected chi connectivity index (χ1v) is 10.1. The van der Waals surface area contributed by atoms with Gasteiger partial charge in [0.05, 0.1) is 11.6 Å². The Labute approximate surface area is 185 Å². The molecule has 4 rings (SSSR count). The molecule has 0 aliphatic heterocycles. The van der Waals surface area contributed by atoms with E-state index in [9.17, 15) is 27.2 Å². The van der Waals surface area contributed by atoms with Crippen LogP contribution < -0.4 is 15.6 Å². The number of amides is 1. The minimum atomic E-state index is -4.50. The summed E-state index contributed by atoms with van der Waals surface area (Å²) in [7, 11) is 0. The summed E-state index contributed by atoms with van der Waals surface area (Å²) >= 11 is 0. The first-order chi connectivity index (χ1) is 15.7. The fourth-order valence-electron chi connectivity index (χ4n) is 3.39. The zero-order chi connectivity index (χ0) is 23.6. The molecule has 1 heterocycles. The Morgan fingerprint density at radius 2 is 1.70 bits per heavy atom. The molecule has 0 radical (unpaired) electrons. The van der Waals surface area contributed by atoms with E-state index < -0.39 is 36.1 Å². The number of ether oxygens (including phenoxy) is 1. The second kappa shape index (κ2) is 9.05. The van der Waals surface area contributed by atoms with Gasteiger partial charge in [-0.05, 0) is 48.2 Å². The number of nitrogens with one attached hydrogen (secondary N) is 2. The zero-order valence-corrected chi connectivity index (χ0v) is 17.2. The predicted octanol–water partition coefficient (Wildman–Crippen LogP) is 4.49. The van der Waals surface area contributed by atoms with Crippen LogP contribution in [0.3, 0.4) is 0 Å². The molecule has 1 unspecified atom stereocenters. The van der Waals surface area contributed by atoms with Gasteiger partial charge >= 0.3 is 6.18 Å². The first kappa shape index (κ1) is 22.5. The number of halogens is 4. The van der Waals surface area contributed by atoms with Crippen molar-refractivity contribution in [3.63, 3.8) is 0 Å². The van der Waals surface area contributed by atoms with Crippen molar-refractivity contribution in [3.8, 4) is 5.75 Å². The quantitative estimate of drug-likeness (QED) is 0.508. The van der Waals surface area contributed by atoms with Gasteiger partial charge < -0.3 is 15.0 Å². The van der Waals surface area contributed by atoms with E-state index in [1.54, 1.807) is 12.1 Å². The van der Waals surface area contributed by atoms with Crippen molar-refractivity contribution in [2.75, 3.05) is 6.86 Å². The Bertz CT molecular complexity index is 1190. The van der Waals surface area contributed by atoms with E-state index >= 15 is 0 Å². The van der Waals surface area contributed by atoms with Crippen LogP contribution in [0.4, 0.5) is 17.6 Å². The molecule has 1 aliphatic carbocycles. The Morgan fingerprint density at radius 3 is 2.24 bits per heavy atom. The lowest BCUT2D eigenvalue weighted by Gasteiger charge is -2.21. The van der Waals surface area contributed by atoms with Crippen molar-refractivity contribution in [3.05, 3.63) is 93.2 Å². The maximum atomic E-state index is 13.0. The van der Waals surface area contributed by atoms with E-state index in [4.69, 9.17) is 4.74 Å². The number of carbonyl (C=O) groups is 1. The van der Waals surface area contributed by atoms with Crippen molar-refractivity contribution in [1.82, 2.24) is 15.3 Å². The molecule has 2 aromatic carbocycles. The number of nitrogens with zero attached hydrogens (tertiary/aromatic N) is 1. The van der Waals surface area contributed by atoms with Crippen molar-refractivity contribution in [1.29, 1.82) is 0 Å². The second-order valence-electron chi connectivity index (χ2n) is 7.64. The molecule has 6 nitrogen and oxygen atoms in total. The molecule has 1 fully saturated rings. The average molecular weight is 461 g/mol. The molecule has 2 N–H and O–H groups in total. The Kier molecular flexibility index (Phi) is 6.17. The number of benzene rings is 2. The number of aromatic amines is 1. The van der Waals surface area contributed by atoms with Crippen LogP contribution in [0.15, 0.2) is 59.4 Å². The summed E-state index contributed by atoms with van der Waals surface area (Å²) in [5.41, 5.74) is -0.483. The van der Waals surface area contributed by atoms with Crippen LogP contribution in [0.5, 0.6) is 5.75 Å². The summed E-state index contributed by atoms with van der Waals surface area (Å²) in [4.78, 5) is 31.8. The summed E-state index contributed by atoms with van der Waals surface area (Å²) in [5.74, 6) is 0.145. The van der Waals surface area contributed by atoms with Crippen LogP contribution in [0.1, 0.15) is 57.8 Å². The number of aromatic nitrogens is 2. The molecule has 3 aromatic rings. The highest BCUT2D eigenvalue weighted by Gasteiger charge is 2.31. The normalized spacial score (nSPS) is 14.5. The summed E-state index contributed by atoms with van der Waals surface area (Å²) in [6.07, 6.45) is -2.76. The minimum absolute atomic E-state index is 0.0880. The molecular weight excluding hydrogens is 442 g/mol. The molecule has 10 heteroatoms. The molecule has 1 saturated carbocycles. The lowest BCUT2D eigenvalue weighted by molar-refractivity contribution is -0.137. The van der Waals surface area contributed by atoms with Crippen LogP contribution in [-0.2, 0) is 6.18 Å². The molecule has 0 bridgehead atoms. The van der Waals surface area contributed by atoms with Gasteiger partial charge in [-0.2, -0.15) is 13.2 Å². The Morgan fingerprint density at radius 1 is 1.09 bits per heavy atom. The first-order valence-electron chi connectivity index (χ1n) is 10.1. The summed E-state index contributed by atoms with van der Waals surface area (Å²) < 4.78 is 56.1. The largest absolute Gasteiger partial charge is 0.463 e. The smallest absolute Gasteiger partial charge is 0.416 e. The van der Waals surface area contributed by atoms with Gasteiger partial charge in [-0.15, -0.1) is 0 Å². The van der Waals surface area contributed by atoms with Crippen LogP contribution in [0.2, 0.25) is 0 Å². The Hall–Kier alpha value is -3.69. The van der Waals surface area contributed by atoms with Crippen molar-refractivity contribution >= 4 is 5.91 Å². The molecule has 1 aliphatic rings. The molecule has 1 atom stereocenters. The third kappa shape index (κ3) is 5.39. The minimum Gasteiger partial charge on any atom is -0.463 e. The number of hydrogen-bond acceptors (Lipinski definition) is 4. The maximum absolute atomic E-state index is 13.0. The highest BCUT2D eigenvalue weighted by atomic mass is 19.4. The molecule has 1 aromatic heterocycles. The van der Waals surface area contributed by atoms with Crippen LogP contribution >= 0.6 is 0 Å². The third-order valence-electron chi connectivity index (χ3n) is 5.24. The number of hydrogen-bond donors (Lipinski definition) is 2. The van der Waals surface area contributed by atoms with Gasteiger partial charge in [0.15, 0.2) is 0 Å².